The van der Waals surface area contributed by atoms with Gasteiger partial charge >= 0.3 is 21.1 Å². The summed E-state index contributed by atoms with van der Waals surface area (Å²) in [5, 5.41) is 0. The molecule has 0 N–H and O–H groups in total. The van der Waals surface area contributed by atoms with Gasteiger partial charge in [0.2, 0.25) is 0 Å². The zero-order chi connectivity index (χ0) is 4.50. The summed E-state index contributed by atoms with van der Waals surface area (Å²) in [4.78, 5) is 25.6. The van der Waals surface area contributed by atoms with Crippen LogP contribution < -0.4 is 14.7 Å². The maximum absolute atomic E-state index is 8.55. The van der Waals surface area contributed by atoms with E-state index in [1.54, 1.807) is 0 Å². The zero-order valence-electron chi connectivity index (χ0n) is 2.49. The minimum Gasteiger partial charge on any atom is -0.822 e. The molecule has 0 saturated heterocycles. The molecule has 0 aliphatic carbocycles. The summed E-state index contributed by atoms with van der Waals surface area (Å²) in [6.07, 6.45) is 0. The first kappa shape index (κ1) is 9.93. The van der Waals surface area contributed by atoms with Crippen LogP contribution in [-0.2, 0) is 25.6 Å². The molecule has 0 heterocycles. The first-order chi connectivity index (χ1) is 2.00. The van der Waals surface area contributed by atoms with E-state index >= 15 is 0 Å². The predicted molar refractivity (Wildman–Crippen MR) is 7.61 cm³/mol. The third-order valence-corrected chi connectivity index (χ3v) is 0. The van der Waals surface area contributed by atoms with Crippen molar-refractivity contribution in [1.29, 1.82) is 0 Å². The number of hydrogen-bond acceptors (Lipinski definition) is 4. The van der Waals surface area contributed by atoms with Crippen LogP contribution in [-0.4, -0.2) is 0 Å². The van der Waals surface area contributed by atoms with Crippen LogP contribution in [0.15, 0.2) is 0 Å². The molecule has 6 heteroatoms. The quantitative estimate of drug-likeness (QED) is 0.447. The van der Waals surface area contributed by atoms with Crippen molar-refractivity contribution in [2.24, 2.45) is 0 Å². The van der Waals surface area contributed by atoms with Gasteiger partial charge in [-0.2, -0.15) is 7.82 Å². The van der Waals surface area contributed by atoms with E-state index in [4.69, 9.17) is 19.2 Å². The van der Waals surface area contributed by atoms with E-state index in [0.29, 0.717) is 0 Å². The molecule has 0 atom stereocenters. The molecule has 0 aliphatic heterocycles. The van der Waals surface area contributed by atoms with E-state index in [9.17, 15) is 0 Å². The minimum absolute atomic E-state index is 0. The Kier molecular flexibility index (Phi) is 4.78. The van der Waals surface area contributed by atoms with E-state index in [2.05, 4.69) is 0 Å². The molecule has 1 radical (unpaired) electrons. The van der Waals surface area contributed by atoms with E-state index in [-0.39, 0.29) is 21.1 Å². The van der Waals surface area contributed by atoms with Crippen molar-refractivity contribution in [2.45, 2.75) is 0 Å². The van der Waals surface area contributed by atoms with Gasteiger partial charge in [-0.3, -0.25) is 0 Å². The van der Waals surface area contributed by atoms with Crippen molar-refractivity contribution < 1.29 is 40.3 Å². The van der Waals surface area contributed by atoms with Crippen LogP contribution in [0.5, 0.6) is 0 Å². The van der Waals surface area contributed by atoms with Gasteiger partial charge in [-0.15, -0.1) is 0 Å². The van der Waals surface area contributed by atoms with Gasteiger partial charge in [-0.25, -0.2) is 0 Å². The average Bonchev–Trinajstić information content (AvgIpc) is 0.722. The normalized spacial score (nSPS) is 9.83. The Morgan fingerprint density at radius 2 is 1.17 bits per heavy atom. The summed E-state index contributed by atoms with van der Waals surface area (Å²) in [6.45, 7) is 0. The smallest absolute Gasteiger partial charge is 0.822 e. The molecule has 6 heavy (non-hydrogen) atoms. The van der Waals surface area contributed by atoms with Gasteiger partial charge in [-0.05, 0) is 0 Å². The fourth-order valence-electron chi connectivity index (χ4n) is 0. The van der Waals surface area contributed by atoms with Crippen LogP contribution in [0.1, 0.15) is 0 Å². The Morgan fingerprint density at radius 3 is 1.17 bits per heavy atom. The van der Waals surface area contributed by atoms with E-state index in [1.807, 2.05) is 0 Å². The Morgan fingerprint density at radius 1 is 1.17 bits per heavy atom. The Balaban J connectivity index is 0. The van der Waals surface area contributed by atoms with Crippen LogP contribution in [0.2, 0.25) is 0 Å². The second-order valence-electron chi connectivity index (χ2n) is 0.447. The minimum atomic E-state index is -5.39. The fraction of sp³-hybridized carbons (Fsp3) is 0. The summed E-state index contributed by atoms with van der Waals surface area (Å²) >= 11 is 0. The van der Waals surface area contributed by atoms with Gasteiger partial charge in [0.25, 0.3) is 0 Å². The maximum atomic E-state index is 8.55. The molecule has 0 fully saturated rings. The molecule has 0 amide bonds. The van der Waals surface area contributed by atoms with Crippen LogP contribution in [0.4, 0.5) is 0 Å². The molecule has 0 unspecified atom stereocenters. The molecule has 0 rings (SSSR count). The van der Waals surface area contributed by atoms with Crippen molar-refractivity contribution in [1.82, 2.24) is 0 Å². The van der Waals surface area contributed by atoms with Gasteiger partial charge in [0.1, 0.15) is 0 Å². The van der Waals surface area contributed by atoms with Crippen LogP contribution >= 0.6 is 7.82 Å². The van der Waals surface area contributed by atoms with Gasteiger partial charge in [0.05, 0.1) is 0 Å². The van der Waals surface area contributed by atoms with Gasteiger partial charge in [0, 0.05) is 0 Å². The van der Waals surface area contributed by atoms with Crippen LogP contribution in [0, 0.1) is 0 Å². The van der Waals surface area contributed by atoms with Crippen molar-refractivity contribution >= 4 is 7.82 Å². The number of rotatable bonds is 0. The molecule has 0 spiro atoms. The van der Waals surface area contributed by atoms with Crippen molar-refractivity contribution in [3.63, 3.8) is 0 Å². The first-order valence-corrected chi connectivity index (χ1v) is 2.19. The van der Waals surface area contributed by atoms with Gasteiger partial charge in [0.15, 0.2) is 0 Å². The Labute approximate surface area is 48.7 Å². The standard InChI is InChI=1S/H3O4P.W/c1-5(2,3)4;/h(H3,1,2,3,4);/q;+3/p-3. The second kappa shape index (κ2) is 2.89. The molecule has 0 aromatic carbocycles. The fourth-order valence-corrected chi connectivity index (χ4v) is 0. The zero-order valence-corrected chi connectivity index (χ0v) is 6.32. The van der Waals surface area contributed by atoms with Crippen LogP contribution in [0.3, 0.4) is 0 Å². The molecule has 0 aromatic rings. The Hall–Kier alpha value is 0.798. The summed E-state index contributed by atoms with van der Waals surface area (Å²) in [5.41, 5.74) is 0. The van der Waals surface area contributed by atoms with Crippen molar-refractivity contribution in [3.8, 4) is 0 Å². The van der Waals surface area contributed by atoms with Crippen molar-refractivity contribution in [3.05, 3.63) is 0 Å². The topological polar surface area (TPSA) is 86.2 Å². The molecule has 0 aliphatic rings. The van der Waals surface area contributed by atoms with E-state index in [0.717, 1.165) is 0 Å². The number of hydrogen-bond donors (Lipinski definition) is 0. The average molecular weight is 279 g/mol. The molecule has 35 valence electrons. The summed E-state index contributed by atoms with van der Waals surface area (Å²) in [6, 6.07) is 0. The maximum Gasteiger partial charge on any atom is 3.00 e. The SMILES string of the molecule is O=P([O-])([O-])[O-].[W+3]. The van der Waals surface area contributed by atoms with Gasteiger partial charge in [-0.1, -0.05) is 0 Å². The monoisotopic (exact) mass is 279 g/mol. The van der Waals surface area contributed by atoms with E-state index in [1.165, 1.54) is 0 Å². The first-order valence-electron chi connectivity index (χ1n) is 0.730. The second-order valence-corrected chi connectivity index (χ2v) is 1.34. The van der Waals surface area contributed by atoms with E-state index < -0.39 is 7.82 Å². The molecule has 0 bridgehead atoms. The Bertz CT molecular complexity index is 53.7. The third kappa shape index (κ3) is 109. The molecule has 4 nitrogen and oxygen atoms in total. The molecule has 0 aromatic heterocycles. The van der Waals surface area contributed by atoms with Gasteiger partial charge < -0.3 is 19.2 Å². The molecular formula is O4PW. The summed E-state index contributed by atoms with van der Waals surface area (Å²) in [5.74, 6) is 0. The third-order valence-electron chi connectivity index (χ3n) is 0. The van der Waals surface area contributed by atoms with Crippen LogP contribution in [0.25, 0.3) is 0 Å². The molecular weight excluding hydrogens is 279 g/mol. The number of phosphoric acid groups is 1. The summed E-state index contributed by atoms with van der Waals surface area (Å²) in [7, 11) is -5.39. The largest absolute Gasteiger partial charge is 3.00 e. The predicted octanol–water partition coefficient (Wildman–Crippen LogP) is -2.83. The molecule has 0 saturated carbocycles. The summed E-state index contributed by atoms with van der Waals surface area (Å²) < 4.78 is 8.55. The van der Waals surface area contributed by atoms with Crippen molar-refractivity contribution in [2.75, 3.05) is 0 Å².